The molecule has 0 aliphatic carbocycles. The van der Waals surface area contributed by atoms with E-state index in [4.69, 9.17) is 20.7 Å². The minimum atomic E-state index is -1.65. The Morgan fingerprint density at radius 3 is 2.04 bits per heavy atom. The molecule has 26 heavy (non-hydrogen) atoms. The third-order valence-corrected chi connectivity index (χ3v) is 4.51. The van der Waals surface area contributed by atoms with E-state index in [1.807, 2.05) is 0 Å². The molecule has 1 aromatic carbocycles. The molecular weight excluding hydrogens is 570 g/mol. The van der Waals surface area contributed by atoms with Crippen LogP contribution in [0.2, 0.25) is 0 Å². The van der Waals surface area contributed by atoms with Gasteiger partial charge in [-0.1, -0.05) is 45.2 Å². The van der Waals surface area contributed by atoms with Crippen LogP contribution in [0.1, 0.15) is 6.42 Å². The van der Waals surface area contributed by atoms with E-state index in [-0.39, 0.29) is 5.75 Å². The van der Waals surface area contributed by atoms with E-state index in [9.17, 15) is 14.4 Å². The maximum atomic E-state index is 12.2. The van der Waals surface area contributed by atoms with E-state index in [2.05, 4.69) is 50.1 Å². The van der Waals surface area contributed by atoms with Crippen LogP contribution in [-0.2, 0) is 14.4 Å². The van der Waals surface area contributed by atoms with Crippen LogP contribution in [0.4, 0.5) is 5.69 Å². The largest absolute Gasteiger partial charge is 0.481 e. The summed E-state index contributed by atoms with van der Waals surface area (Å²) >= 11 is 4.60. The first-order valence-corrected chi connectivity index (χ1v) is 10.7. The molecule has 1 unspecified atom stereocenters. The lowest BCUT2D eigenvalue weighted by Crippen LogP contribution is -2.44. The van der Waals surface area contributed by atoms with E-state index < -0.39 is 36.3 Å². The number of nitrogens with zero attached hydrogens (tertiary/aromatic N) is 1. The van der Waals surface area contributed by atoms with Crippen LogP contribution in [-0.4, -0.2) is 56.1 Å². The third kappa shape index (κ3) is 7.23. The number of carboxylic acids is 2. The molecule has 0 saturated heterocycles. The normalized spacial score (nSPS) is 12.9. The first kappa shape index (κ1) is 22.9. The molecule has 0 aliphatic heterocycles. The van der Waals surface area contributed by atoms with Gasteiger partial charge >= 0.3 is 17.9 Å². The van der Waals surface area contributed by atoms with Crippen molar-refractivity contribution in [2.24, 2.45) is 11.7 Å². The summed E-state index contributed by atoms with van der Waals surface area (Å²) in [4.78, 5) is 36.2. The van der Waals surface area contributed by atoms with Gasteiger partial charge in [0.15, 0.2) is 0 Å². The molecule has 0 amide bonds. The molecule has 144 valence electrons. The fraction of sp³-hybridized carbons (Fsp3) is 0.438. The molecule has 0 spiro atoms. The molecular formula is C16H20I2N2O6. The van der Waals surface area contributed by atoms with Crippen LogP contribution < -0.4 is 15.4 Å². The highest BCUT2D eigenvalue weighted by atomic mass is 127. The molecule has 0 aromatic heterocycles. The lowest BCUT2D eigenvalue weighted by molar-refractivity contribution is -0.152. The number of carbonyl (C=O) groups excluding carboxylic acids is 1. The number of anilines is 1. The second-order valence-corrected chi connectivity index (χ2v) is 7.51. The summed E-state index contributed by atoms with van der Waals surface area (Å²) in [7, 11) is 0. The molecule has 4 N–H and O–H groups in total. The molecule has 1 aromatic rings. The van der Waals surface area contributed by atoms with Crippen LogP contribution >= 0.6 is 45.2 Å². The zero-order valence-corrected chi connectivity index (χ0v) is 18.1. The number of carboxylic acid groups (broad SMARTS) is 2. The van der Waals surface area contributed by atoms with Gasteiger partial charge in [0.25, 0.3) is 0 Å². The van der Waals surface area contributed by atoms with E-state index in [1.54, 1.807) is 24.3 Å². The van der Waals surface area contributed by atoms with Gasteiger partial charge in [0.05, 0.1) is 12.3 Å². The van der Waals surface area contributed by atoms with Crippen molar-refractivity contribution < 1.29 is 29.3 Å². The number of aliphatic carboxylic acids is 2. The third-order valence-electron chi connectivity index (χ3n) is 3.55. The zero-order chi connectivity index (χ0) is 19.7. The summed E-state index contributed by atoms with van der Waals surface area (Å²) in [6, 6.07) is 5.12. The quantitative estimate of drug-likeness (QED) is 0.154. The molecule has 2 atom stereocenters. The highest BCUT2D eigenvalue weighted by molar-refractivity contribution is 14.1. The van der Waals surface area contributed by atoms with Crippen molar-refractivity contribution >= 4 is 68.8 Å². The average Bonchev–Trinajstić information content (AvgIpc) is 2.59. The maximum Gasteiger partial charge on any atom is 0.321 e. The maximum absolute atomic E-state index is 12.2. The Kier molecular flexibility index (Phi) is 10.2. The van der Waals surface area contributed by atoms with Gasteiger partial charge in [-0.3, -0.25) is 14.4 Å². The van der Waals surface area contributed by atoms with Gasteiger partial charge in [-0.25, -0.2) is 0 Å². The van der Waals surface area contributed by atoms with Gasteiger partial charge in [0.2, 0.25) is 0 Å². The number of ether oxygens (including phenoxy) is 1. The molecule has 0 bridgehead atoms. The van der Waals surface area contributed by atoms with E-state index in [1.165, 1.54) is 0 Å². The number of carbonyl (C=O) groups is 3. The van der Waals surface area contributed by atoms with Crippen molar-refractivity contribution in [3.8, 4) is 5.75 Å². The van der Waals surface area contributed by atoms with Crippen LogP contribution in [0.25, 0.3) is 0 Å². The first-order valence-electron chi connectivity index (χ1n) is 7.69. The lowest BCUT2D eigenvalue weighted by Gasteiger charge is -2.23. The van der Waals surface area contributed by atoms with Crippen LogP contribution in [0.5, 0.6) is 5.75 Å². The summed E-state index contributed by atoms with van der Waals surface area (Å²) in [5.41, 5.74) is 6.40. The van der Waals surface area contributed by atoms with Crippen LogP contribution in [0.3, 0.4) is 0 Å². The molecule has 0 fully saturated rings. The highest BCUT2D eigenvalue weighted by Gasteiger charge is 2.34. The Bertz CT molecular complexity index is 620. The van der Waals surface area contributed by atoms with Gasteiger partial charge in [-0.15, -0.1) is 0 Å². The van der Waals surface area contributed by atoms with E-state index in [0.29, 0.717) is 0 Å². The summed E-state index contributed by atoms with van der Waals surface area (Å²) < 4.78 is 7.07. The fourth-order valence-electron chi connectivity index (χ4n) is 2.21. The Hall–Kier alpha value is -1.15. The van der Waals surface area contributed by atoms with Gasteiger partial charge in [-0.05, 0) is 24.3 Å². The predicted molar refractivity (Wildman–Crippen MR) is 113 cm³/mol. The minimum absolute atomic E-state index is 0.204. The summed E-state index contributed by atoms with van der Waals surface area (Å²) in [5, 5.41) is 17.8. The number of halogens is 2. The monoisotopic (exact) mass is 590 g/mol. The average molecular weight is 590 g/mol. The first-order chi connectivity index (χ1) is 12.3. The molecule has 0 radical (unpaired) electrons. The standard InChI is InChI=1S/C16H20I2N2O6/c17-5-7-20(8-6-18)10-1-3-11(4-2-10)26-16(25)12(9-13(21)22)14(19)15(23)24/h1-4,12,14H,5-9,19H2,(H,21,22)(H,23,24)/t12?,14-/m0/s1. The van der Waals surface area contributed by atoms with E-state index >= 15 is 0 Å². The molecule has 0 aliphatic rings. The number of hydrogen-bond acceptors (Lipinski definition) is 6. The van der Waals surface area contributed by atoms with Gasteiger partial charge in [0, 0.05) is 27.6 Å². The SMILES string of the molecule is N[C@H](C(=O)O)C(CC(=O)O)C(=O)Oc1ccc(N(CCI)CCI)cc1. The van der Waals surface area contributed by atoms with Crippen molar-refractivity contribution in [1.82, 2.24) is 0 Å². The van der Waals surface area contributed by atoms with Gasteiger partial charge in [-0.2, -0.15) is 0 Å². The Morgan fingerprint density at radius 2 is 1.62 bits per heavy atom. The number of rotatable bonds is 11. The van der Waals surface area contributed by atoms with Crippen molar-refractivity contribution in [3.63, 3.8) is 0 Å². The molecule has 8 nitrogen and oxygen atoms in total. The lowest BCUT2D eigenvalue weighted by atomic mass is 9.97. The van der Waals surface area contributed by atoms with Crippen molar-refractivity contribution in [3.05, 3.63) is 24.3 Å². The number of benzene rings is 1. The summed E-state index contributed by atoms with van der Waals surface area (Å²) in [5.74, 6) is -5.04. The van der Waals surface area contributed by atoms with Crippen molar-refractivity contribution in [1.29, 1.82) is 0 Å². The van der Waals surface area contributed by atoms with Crippen LogP contribution in [0, 0.1) is 5.92 Å². The van der Waals surface area contributed by atoms with Gasteiger partial charge < -0.3 is 25.6 Å². The summed E-state index contributed by atoms with van der Waals surface area (Å²) in [6.07, 6.45) is -0.719. The van der Waals surface area contributed by atoms with Crippen molar-refractivity contribution in [2.75, 3.05) is 26.8 Å². The Morgan fingerprint density at radius 1 is 1.08 bits per heavy atom. The number of alkyl halides is 2. The highest BCUT2D eigenvalue weighted by Crippen LogP contribution is 2.22. The second-order valence-electron chi connectivity index (χ2n) is 5.35. The fourth-order valence-corrected chi connectivity index (χ4v) is 3.37. The topological polar surface area (TPSA) is 130 Å². The number of nitrogens with two attached hydrogens (primary N) is 1. The molecule has 1 rings (SSSR count). The van der Waals surface area contributed by atoms with E-state index in [0.717, 1.165) is 27.6 Å². The Labute approximate surface area is 178 Å². The zero-order valence-electron chi connectivity index (χ0n) is 13.8. The number of hydrogen-bond donors (Lipinski definition) is 3. The molecule has 0 saturated carbocycles. The molecule has 0 heterocycles. The number of esters is 1. The Balaban J connectivity index is 2.87. The molecule has 10 heteroatoms. The van der Waals surface area contributed by atoms with Crippen LogP contribution in [0.15, 0.2) is 24.3 Å². The van der Waals surface area contributed by atoms with Crippen molar-refractivity contribution in [2.45, 2.75) is 12.5 Å². The van der Waals surface area contributed by atoms with Gasteiger partial charge in [0.1, 0.15) is 11.8 Å². The smallest absolute Gasteiger partial charge is 0.321 e. The summed E-state index contributed by atoms with van der Waals surface area (Å²) in [6.45, 7) is 1.77. The second kappa shape index (κ2) is 11.5. The predicted octanol–water partition coefficient (Wildman–Crippen LogP) is 1.77. The minimum Gasteiger partial charge on any atom is -0.481 e.